The molecular formula is C32H50O6. The zero-order valence-electron chi connectivity index (χ0n) is 24.8. The molecule has 0 amide bonds. The first-order valence-corrected chi connectivity index (χ1v) is 15.1. The lowest BCUT2D eigenvalue weighted by Gasteiger charge is -2.63. The average Bonchev–Trinajstić information content (AvgIpc) is 3.44. The standard InChI is InChI=1S/C32H50O6/c1-17-15-19(26(28(5,6)36)37-18(2)33)38-24-23(17)29(7)13-14-32-16-31(32)12-11-22(34)27(3,4)20(31)9-10-21(32)30(29,8)25(24)35/h17,20-23,25-26,34-36H,9-16H2,1-8H3/t17-,20+,21+,22?,23?,25+,26+,29-,30-,31-,32?/m1/s1. The zero-order chi connectivity index (χ0) is 27.8. The van der Waals surface area contributed by atoms with E-state index in [4.69, 9.17) is 9.47 Å². The van der Waals surface area contributed by atoms with Gasteiger partial charge in [-0.3, -0.25) is 4.79 Å². The molecule has 1 saturated heterocycles. The SMILES string of the molecule is CC(=O)O[C@@H]([C]1C[C@@H](C)C2[C](O1)[C@H](O)[C@@]1(C)[C@@H]3CC[C@H]4C(C)(C)C(O)CC[C@@]45CC35CC[C@]21C)C(C)(C)O. The van der Waals surface area contributed by atoms with Crippen molar-refractivity contribution in [3.63, 3.8) is 0 Å². The third kappa shape index (κ3) is 3.13. The van der Waals surface area contributed by atoms with Crippen molar-refractivity contribution in [1.29, 1.82) is 0 Å². The van der Waals surface area contributed by atoms with E-state index in [1.807, 2.05) is 0 Å². The van der Waals surface area contributed by atoms with Crippen LogP contribution in [-0.4, -0.2) is 45.2 Å². The smallest absolute Gasteiger partial charge is 0.303 e. The van der Waals surface area contributed by atoms with Gasteiger partial charge in [0.25, 0.3) is 0 Å². The molecule has 6 rings (SSSR count). The van der Waals surface area contributed by atoms with E-state index in [2.05, 4.69) is 34.6 Å². The maximum atomic E-state index is 12.3. The summed E-state index contributed by atoms with van der Waals surface area (Å²) in [6, 6.07) is 0. The molecule has 5 saturated carbocycles. The molecule has 6 aliphatic rings. The number of ether oxygens (including phenoxy) is 2. The minimum Gasteiger partial charge on any atom is -0.456 e. The van der Waals surface area contributed by atoms with Crippen molar-refractivity contribution in [2.45, 2.75) is 131 Å². The Kier molecular flexibility index (Phi) is 5.77. The molecule has 5 aliphatic carbocycles. The summed E-state index contributed by atoms with van der Waals surface area (Å²) in [4.78, 5) is 11.9. The Hall–Kier alpha value is -0.690. The Bertz CT molecular complexity index is 1000. The van der Waals surface area contributed by atoms with E-state index in [0.717, 1.165) is 38.2 Å². The van der Waals surface area contributed by atoms with Gasteiger partial charge in [0, 0.05) is 18.3 Å². The van der Waals surface area contributed by atoms with Gasteiger partial charge in [0.2, 0.25) is 0 Å². The molecule has 6 heteroatoms. The van der Waals surface area contributed by atoms with Crippen LogP contribution in [0.4, 0.5) is 0 Å². The van der Waals surface area contributed by atoms with Crippen LogP contribution < -0.4 is 0 Å². The molecule has 38 heavy (non-hydrogen) atoms. The first-order chi connectivity index (χ1) is 17.5. The summed E-state index contributed by atoms with van der Waals surface area (Å²) in [5.41, 5.74) is -1.20. The highest BCUT2D eigenvalue weighted by Crippen LogP contribution is 2.89. The predicted octanol–water partition coefficient (Wildman–Crippen LogP) is 5.19. The fourth-order valence-corrected chi connectivity index (χ4v) is 11.8. The quantitative estimate of drug-likeness (QED) is 0.435. The summed E-state index contributed by atoms with van der Waals surface area (Å²) in [7, 11) is 0. The van der Waals surface area contributed by atoms with Crippen molar-refractivity contribution in [3.8, 4) is 0 Å². The largest absolute Gasteiger partial charge is 0.456 e. The predicted molar refractivity (Wildman–Crippen MR) is 143 cm³/mol. The highest BCUT2D eigenvalue weighted by molar-refractivity contribution is 5.66. The monoisotopic (exact) mass is 530 g/mol. The van der Waals surface area contributed by atoms with E-state index in [1.54, 1.807) is 13.8 Å². The number of aliphatic hydroxyl groups excluding tert-OH is 2. The normalized spacial score (nSPS) is 52.6. The molecule has 0 aromatic carbocycles. The number of aliphatic hydroxyl groups is 3. The highest BCUT2D eigenvalue weighted by atomic mass is 16.6. The van der Waals surface area contributed by atoms with Gasteiger partial charge in [-0.15, -0.1) is 0 Å². The number of fused-ring (bicyclic) bond motifs is 4. The van der Waals surface area contributed by atoms with Gasteiger partial charge in [-0.2, -0.15) is 0 Å². The van der Waals surface area contributed by atoms with E-state index in [-0.39, 0.29) is 39.6 Å². The fourth-order valence-electron chi connectivity index (χ4n) is 11.8. The Morgan fingerprint density at radius 2 is 1.66 bits per heavy atom. The van der Waals surface area contributed by atoms with Crippen LogP contribution in [0.1, 0.15) is 107 Å². The van der Waals surface area contributed by atoms with Gasteiger partial charge < -0.3 is 24.8 Å². The minimum absolute atomic E-state index is 0.0598. The molecule has 3 unspecified atom stereocenters. The Labute approximate surface area is 229 Å². The van der Waals surface area contributed by atoms with Crippen LogP contribution in [0.25, 0.3) is 0 Å². The van der Waals surface area contributed by atoms with E-state index in [0.29, 0.717) is 29.8 Å². The Balaban J connectivity index is 1.35. The van der Waals surface area contributed by atoms with Crippen molar-refractivity contribution in [3.05, 3.63) is 12.2 Å². The molecule has 0 bridgehead atoms. The summed E-state index contributed by atoms with van der Waals surface area (Å²) in [6.45, 7) is 16.2. The lowest BCUT2D eigenvalue weighted by atomic mass is 9.41. The second kappa shape index (κ2) is 7.98. The van der Waals surface area contributed by atoms with Gasteiger partial charge in [0.1, 0.15) is 12.2 Å². The van der Waals surface area contributed by atoms with Crippen molar-refractivity contribution >= 4 is 5.97 Å². The maximum absolute atomic E-state index is 12.3. The van der Waals surface area contributed by atoms with Crippen LogP contribution in [0.2, 0.25) is 0 Å². The van der Waals surface area contributed by atoms with Gasteiger partial charge in [-0.05, 0) is 105 Å². The van der Waals surface area contributed by atoms with Crippen LogP contribution in [0.5, 0.6) is 0 Å². The van der Waals surface area contributed by atoms with Crippen molar-refractivity contribution in [2.75, 3.05) is 0 Å². The molecule has 1 heterocycles. The molecule has 6 fully saturated rings. The maximum Gasteiger partial charge on any atom is 0.303 e. The van der Waals surface area contributed by atoms with Crippen LogP contribution in [0.3, 0.4) is 0 Å². The van der Waals surface area contributed by atoms with Crippen LogP contribution in [0, 0.1) is 63.0 Å². The summed E-state index contributed by atoms with van der Waals surface area (Å²) in [5.74, 6) is 0.842. The number of carbonyl (C=O) groups is 1. The summed E-state index contributed by atoms with van der Waals surface area (Å²) in [6.07, 6.45) is 7.82. The van der Waals surface area contributed by atoms with Crippen molar-refractivity contribution < 1.29 is 29.6 Å². The molecule has 0 aromatic heterocycles. The zero-order valence-corrected chi connectivity index (χ0v) is 24.8. The molecule has 3 N–H and O–H groups in total. The molecule has 0 aromatic rings. The summed E-state index contributed by atoms with van der Waals surface area (Å²) >= 11 is 0. The van der Waals surface area contributed by atoms with Crippen molar-refractivity contribution in [1.82, 2.24) is 0 Å². The van der Waals surface area contributed by atoms with Gasteiger partial charge in [0.05, 0.1) is 17.8 Å². The average molecular weight is 531 g/mol. The number of hydrogen-bond donors (Lipinski definition) is 3. The van der Waals surface area contributed by atoms with Crippen molar-refractivity contribution in [2.24, 2.45) is 50.7 Å². The van der Waals surface area contributed by atoms with E-state index < -0.39 is 23.8 Å². The topological polar surface area (TPSA) is 96.2 Å². The van der Waals surface area contributed by atoms with E-state index >= 15 is 0 Å². The fraction of sp³-hybridized carbons (Fsp3) is 0.906. The first kappa shape index (κ1) is 27.5. The molecule has 11 atom stereocenters. The molecule has 2 radical (unpaired) electrons. The Morgan fingerprint density at radius 3 is 2.29 bits per heavy atom. The summed E-state index contributed by atoms with van der Waals surface area (Å²) in [5, 5.41) is 34.1. The minimum atomic E-state index is -1.29. The van der Waals surface area contributed by atoms with Crippen LogP contribution in [-0.2, 0) is 14.3 Å². The molecule has 1 aliphatic heterocycles. The lowest BCUT2D eigenvalue weighted by molar-refractivity contribution is -0.181. The van der Waals surface area contributed by atoms with Gasteiger partial charge in [-0.25, -0.2) is 0 Å². The molecule has 2 spiro atoms. The third-order valence-corrected chi connectivity index (χ3v) is 13.6. The lowest BCUT2D eigenvalue weighted by Crippen LogP contribution is -2.59. The van der Waals surface area contributed by atoms with Crippen LogP contribution >= 0.6 is 0 Å². The number of rotatable bonds is 3. The van der Waals surface area contributed by atoms with Gasteiger partial charge in [0.15, 0.2) is 6.10 Å². The molecule has 6 nitrogen and oxygen atoms in total. The molecular weight excluding hydrogens is 480 g/mol. The van der Waals surface area contributed by atoms with E-state index in [1.165, 1.54) is 19.8 Å². The summed E-state index contributed by atoms with van der Waals surface area (Å²) < 4.78 is 12.2. The number of esters is 1. The van der Waals surface area contributed by atoms with Gasteiger partial charge in [-0.1, -0.05) is 34.6 Å². The number of hydrogen-bond acceptors (Lipinski definition) is 6. The van der Waals surface area contributed by atoms with Crippen LogP contribution in [0.15, 0.2) is 0 Å². The number of carbonyl (C=O) groups excluding carboxylic acids is 1. The third-order valence-electron chi connectivity index (χ3n) is 13.6. The molecule has 214 valence electrons. The highest BCUT2D eigenvalue weighted by Gasteiger charge is 2.84. The second-order valence-electron chi connectivity index (χ2n) is 15.9. The second-order valence-corrected chi connectivity index (χ2v) is 15.9. The van der Waals surface area contributed by atoms with E-state index in [9.17, 15) is 20.1 Å². The first-order valence-electron chi connectivity index (χ1n) is 15.1. The van der Waals surface area contributed by atoms with Gasteiger partial charge >= 0.3 is 5.97 Å². The Morgan fingerprint density at radius 1 is 1.03 bits per heavy atom.